The second-order valence-corrected chi connectivity index (χ2v) is 9.55. The second-order valence-electron chi connectivity index (χ2n) is 7.64. The normalized spacial score (nSPS) is 30.0. The van der Waals surface area contributed by atoms with Crippen molar-refractivity contribution in [3.8, 4) is 0 Å². The van der Waals surface area contributed by atoms with E-state index in [1.807, 2.05) is 0 Å². The van der Waals surface area contributed by atoms with E-state index >= 15 is 0 Å². The van der Waals surface area contributed by atoms with Gasteiger partial charge < -0.3 is 34.5 Å². The highest BCUT2D eigenvalue weighted by molar-refractivity contribution is 7.53. The van der Waals surface area contributed by atoms with Gasteiger partial charge in [0.2, 0.25) is 0 Å². The molecule has 29 heavy (non-hydrogen) atoms. The Labute approximate surface area is 168 Å². The lowest BCUT2D eigenvalue weighted by Crippen LogP contribution is -2.39. The van der Waals surface area contributed by atoms with Crippen LogP contribution in [-0.2, 0) is 13.8 Å². The molecule has 5 N–H and O–H groups in total. The number of rotatable bonds is 8. The lowest BCUT2D eigenvalue weighted by atomic mass is 9.92. The van der Waals surface area contributed by atoms with Crippen molar-refractivity contribution in [2.75, 3.05) is 0 Å². The molecular weight excluding hydrogens is 408 g/mol. The van der Waals surface area contributed by atoms with Crippen LogP contribution in [0, 0.1) is 12.7 Å². The third-order valence-electron chi connectivity index (χ3n) is 5.42. The van der Waals surface area contributed by atoms with Crippen LogP contribution in [0.5, 0.6) is 0 Å². The molecule has 11 heteroatoms. The SMILES string of the molecule is CCC(O)P(=O)(O)OC(C)(CC)C[C@H]1O[C@@H](c2c[nH]c(=O)c(C)c2F)[C@@H](O)C1O. The van der Waals surface area contributed by atoms with Crippen molar-refractivity contribution in [2.45, 2.75) is 82.8 Å². The van der Waals surface area contributed by atoms with Gasteiger partial charge in [0.15, 0.2) is 5.85 Å². The van der Waals surface area contributed by atoms with Crippen LogP contribution in [0.15, 0.2) is 11.0 Å². The maximum atomic E-state index is 14.5. The van der Waals surface area contributed by atoms with E-state index in [0.29, 0.717) is 0 Å². The maximum Gasteiger partial charge on any atom is 0.356 e. The fraction of sp³-hybridized carbons (Fsp3) is 0.722. The molecule has 2 rings (SSSR count). The predicted octanol–water partition coefficient (Wildman–Crippen LogP) is 1.47. The molecule has 166 valence electrons. The van der Waals surface area contributed by atoms with Crippen LogP contribution in [0.2, 0.25) is 0 Å². The van der Waals surface area contributed by atoms with Crippen molar-refractivity contribution in [3.05, 3.63) is 33.5 Å². The Bertz CT molecular complexity index is 833. The van der Waals surface area contributed by atoms with Gasteiger partial charge in [-0.1, -0.05) is 13.8 Å². The quantitative estimate of drug-likeness (QED) is 0.384. The fourth-order valence-corrected chi connectivity index (χ4v) is 4.71. The summed E-state index contributed by atoms with van der Waals surface area (Å²) in [6, 6.07) is 0. The van der Waals surface area contributed by atoms with E-state index in [1.165, 1.54) is 20.8 Å². The minimum atomic E-state index is -4.35. The Morgan fingerprint density at radius 1 is 1.38 bits per heavy atom. The highest BCUT2D eigenvalue weighted by Gasteiger charge is 2.48. The molecule has 7 atom stereocenters. The Balaban J connectivity index is 2.24. The Morgan fingerprint density at radius 2 is 2.00 bits per heavy atom. The van der Waals surface area contributed by atoms with E-state index < -0.39 is 54.8 Å². The molecule has 1 aromatic heterocycles. The van der Waals surface area contributed by atoms with Gasteiger partial charge in [-0.3, -0.25) is 9.36 Å². The fourth-order valence-electron chi connectivity index (χ4n) is 3.29. The minimum Gasteiger partial charge on any atom is -0.388 e. The molecule has 1 aliphatic rings. The number of aliphatic hydroxyl groups is 3. The van der Waals surface area contributed by atoms with Crippen LogP contribution in [0.4, 0.5) is 4.39 Å². The number of aliphatic hydroxyl groups excluding tert-OH is 3. The van der Waals surface area contributed by atoms with Crippen molar-refractivity contribution >= 4 is 7.60 Å². The molecule has 1 fully saturated rings. The minimum absolute atomic E-state index is 0.0156. The van der Waals surface area contributed by atoms with E-state index in [2.05, 4.69) is 4.98 Å². The molecule has 0 aromatic carbocycles. The van der Waals surface area contributed by atoms with Gasteiger partial charge in [-0.15, -0.1) is 0 Å². The molecule has 0 amide bonds. The summed E-state index contributed by atoms with van der Waals surface area (Å²) in [5.41, 5.74) is -2.16. The summed E-state index contributed by atoms with van der Waals surface area (Å²) in [5, 5.41) is 30.5. The second kappa shape index (κ2) is 8.93. The molecular formula is C18H29FNO8P. The first-order chi connectivity index (χ1) is 13.4. The van der Waals surface area contributed by atoms with Gasteiger partial charge in [0.25, 0.3) is 5.56 Å². The van der Waals surface area contributed by atoms with Gasteiger partial charge in [0, 0.05) is 18.2 Å². The predicted molar refractivity (Wildman–Crippen MR) is 102 cm³/mol. The zero-order chi connectivity index (χ0) is 22.1. The third kappa shape index (κ3) is 4.96. The number of pyridine rings is 1. The summed E-state index contributed by atoms with van der Waals surface area (Å²) in [7, 11) is -4.35. The van der Waals surface area contributed by atoms with Gasteiger partial charge in [-0.2, -0.15) is 0 Å². The number of aromatic amines is 1. The van der Waals surface area contributed by atoms with Crippen molar-refractivity contribution in [1.29, 1.82) is 0 Å². The average Bonchev–Trinajstić information content (AvgIpc) is 2.93. The first-order valence-electron chi connectivity index (χ1n) is 9.47. The zero-order valence-electron chi connectivity index (χ0n) is 16.8. The Kier molecular flexibility index (Phi) is 7.44. The maximum absolute atomic E-state index is 14.5. The van der Waals surface area contributed by atoms with Crippen LogP contribution in [0.3, 0.4) is 0 Å². The number of aromatic nitrogens is 1. The van der Waals surface area contributed by atoms with Gasteiger partial charge in [-0.25, -0.2) is 4.39 Å². The summed E-state index contributed by atoms with van der Waals surface area (Å²) in [6.07, 6.45) is -3.93. The Morgan fingerprint density at radius 3 is 2.55 bits per heavy atom. The van der Waals surface area contributed by atoms with Crippen LogP contribution >= 0.6 is 7.60 Å². The lowest BCUT2D eigenvalue weighted by Gasteiger charge is -2.34. The van der Waals surface area contributed by atoms with E-state index in [4.69, 9.17) is 9.26 Å². The molecule has 0 spiro atoms. The monoisotopic (exact) mass is 437 g/mol. The molecule has 1 aliphatic heterocycles. The summed E-state index contributed by atoms with van der Waals surface area (Å²) in [5.74, 6) is -2.40. The average molecular weight is 437 g/mol. The number of nitrogens with one attached hydrogen (secondary N) is 1. The highest BCUT2D eigenvalue weighted by atomic mass is 31.2. The van der Waals surface area contributed by atoms with Crippen LogP contribution < -0.4 is 5.56 Å². The first-order valence-corrected chi connectivity index (χ1v) is 11.1. The summed E-state index contributed by atoms with van der Waals surface area (Å²) >= 11 is 0. The van der Waals surface area contributed by atoms with Crippen LogP contribution in [0.25, 0.3) is 0 Å². The lowest BCUT2D eigenvalue weighted by molar-refractivity contribution is -0.0500. The molecule has 4 unspecified atom stereocenters. The van der Waals surface area contributed by atoms with E-state index in [-0.39, 0.29) is 30.4 Å². The summed E-state index contributed by atoms with van der Waals surface area (Å²) in [6.45, 7) is 6.04. The van der Waals surface area contributed by atoms with Crippen molar-refractivity contribution in [1.82, 2.24) is 4.98 Å². The highest BCUT2D eigenvalue weighted by Crippen LogP contribution is 2.53. The summed E-state index contributed by atoms with van der Waals surface area (Å²) in [4.78, 5) is 23.9. The largest absolute Gasteiger partial charge is 0.388 e. The van der Waals surface area contributed by atoms with Crippen LogP contribution in [0.1, 0.15) is 57.3 Å². The van der Waals surface area contributed by atoms with Crippen molar-refractivity contribution in [3.63, 3.8) is 0 Å². The molecule has 1 aromatic rings. The number of hydrogen-bond acceptors (Lipinski definition) is 7. The molecule has 0 bridgehead atoms. The number of halogens is 1. The van der Waals surface area contributed by atoms with Crippen LogP contribution in [-0.4, -0.2) is 55.0 Å². The molecule has 0 saturated carbocycles. The van der Waals surface area contributed by atoms with E-state index in [9.17, 15) is 34.0 Å². The number of H-pyrrole nitrogens is 1. The molecule has 0 aliphatic carbocycles. The summed E-state index contributed by atoms with van der Waals surface area (Å²) < 4.78 is 37.8. The molecule has 9 nitrogen and oxygen atoms in total. The standard InChI is InChI=1S/C18H29FNO8P/c1-5-12(21)29(25,26)28-18(4,6-2)7-11-14(22)15(23)16(27-11)10-8-20-17(24)9(3)13(10)19/h8,11-12,14-16,21-23H,5-7H2,1-4H3,(H,20,24)(H,25,26)/t11-,12?,14?,15+,16+,18?/m1/s1. The molecule has 2 heterocycles. The Hall–Kier alpha value is -1.13. The van der Waals surface area contributed by atoms with Gasteiger partial charge in [0.1, 0.15) is 24.1 Å². The van der Waals surface area contributed by atoms with Crippen molar-refractivity contribution in [2.24, 2.45) is 0 Å². The first kappa shape index (κ1) is 24.1. The number of ether oxygens (including phenoxy) is 1. The van der Waals surface area contributed by atoms with Crippen molar-refractivity contribution < 1.29 is 38.4 Å². The van der Waals surface area contributed by atoms with Gasteiger partial charge in [-0.05, 0) is 26.7 Å². The third-order valence-corrected chi connectivity index (χ3v) is 7.25. The smallest absolute Gasteiger partial charge is 0.356 e. The van der Waals surface area contributed by atoms with Gasteiger partial charge in [0.05, 0.1) is 17.3 Å². The topological polar surface area (TPSA) is 149 Å². The van der Waals surface area contributed by atoms with E-state index in [1.54, 1.807) is 6.92 Å². The molecule has 0 radical (unpaired) electrons. The van der Waals surface area contributed by atoms with Gasteiger partial charge >= 0.3 is 7.60 Å². The zero-order valence-corrected chi connectivity index (χ0v) is 17.7. The number of hydrogen-bond donors (Lipinski definition) is 5. The molecule has 1 saturated heterocycles. The van der Waals surface area contributed by atoms with E-state index in [0.717, 1.165) is 6.20 Å².